The molecule has 3 atom stereocenters. The van der Waals surface area contributed by atoms with Crippen LogP contribution in [0.15, 0.2) is 59.6 Å². The summed E-state index contributed by atoms with van der Waals surface area (Å²) < 4.78 is 19.5. The molecule has 206 valence electrons. The number of methoxy groups -OCH3 is 1. The van der Waals surface area contributed by atoms with Gasteiger partial charge in [0.25, 0.3) is 0 Å². The molecule has 0 aromatic heterocycles. The fraction of sp³-hybridized carbons (Fsp3) is 0.562. The molecular formula is C32H44FN3O2. The summed E-state index contributed by atoms with van der Waals surface area (Å²) in [5.74, 6) is 0.670. The number of carbonyl (C=O) groups is 1. The number of rotatable bonds is 10. The number of hydrogen-bond acceptors (Lipinski definition) is 5. The van der Waals surface area contributed by atoms with Crippen molar-refractivity contribution in [3.8, 4) is 0 Å². The van der Waals surface area contributed by atoms with Crippen molar-refractivity contribution in [1.29, 1.82) is 0 Å². The van der Waals surface area contributed by atoms with E-state index in [2.05, 4.69) is 62.0 Å². The maximum atomic E-state index is 14.1. The highest BCUT2D eigenvalue weighted by Crippen LogP contribution is 2.46. The summed E-state index contributed by atoms with van der Waals surface area (Å²) >= 11 is 0. The van der Waals surface area contributed by atoms with Gasteiger partial charge in [-0.05, 0) is 93.6 Å². The molecule has 2 aromatic rings. The molecule has 1 aliphatic carbocycles. The van der Waals surface area contributed by atoms with Gasteiger partial charge in [0.1, 0.15) is 5.82 Å². The normalized spacial score (nSPS) is 26.2. The van der Waals surface area contributed by atoms with E-state index >= 15 is 0 Å². The van der Waals surface area contributed by atoms with E-state index in [0.29, 0.717) is 24.2 Å². The zero-order chi connectivity index (χ0) is 27.3. The number of esters is 1. The Morgan fingerprint density at radius 1 is 1.11 bits per heavy atom. The number of halogens is 1. The summed E-state index contributed by atoms with van der Waals surface area (Å²) in [4.78, 5) is 22.9. The van der Waals surface area contributed by atoms with Gasteiger partial charge < -0.3 is 14.5 Å². The van der Waals surface area contributed by atoms with Crippen molar-refractivity contribution in [2.75, 3.05) is 27.7 Å². The number of benzene rings is 2. The van der Waals surface area contributed by atoms with Crippen LogP contribution in [0.2, 0.25) is 0 Å². The van der Waals surface area contributed by atoms with Crippen molar-refractivity contribution in [2.24, 2.45) is 22.7 Å². The molecule has 1 heterocycles. The van der Waals surface area contributed by atoms with Gasteiger partial charge >= 0.3 is 5.97 Å². The average Bonchev–Trinajstić information content (AvgIpc) is 3.26. The molecule has 6 heteroatoms. The largest absolute Gasteiger partial charge is 0.467 e. The van der Waals surface area contributed by atoms with E-state index in [1.54, 1.807) is 6.07 Å². The minimum atomic E-state index is -0.874. The third kappa shape index (κ3) is 6.12. The SMILES string of the molecule is COC(=O)C1(CC(C)C)N=CN(CCc2ccccc2)C1C1CCC(C(c2cccc(F)c2)N(C)C)CC1. The Bertz CT molecular complexity index is 1080. The number of hydrogen-bond donors (Lipinski definition) is 0. The Balaban J connectivity index is 1.56. The van der Waals surface area contributed by atoms with Gasteiger partial charge in [-0.2, -0.15) is 0 Å². The van der Waals surface area contributed by atoms with Crippen LogP contribution >= 0.6 is 0 Å². The van der Waals surface area contributed by atoms with Crippen molar-refractivity contribution in [1.82, 2.24) is 9.80 Å². The first-order valence-corrected chi connectivity index (χ1v) is 14.1. The zero-order valence-corrected chi connectivity index (χ0v) is 23.6. The predicted octanol–water partition coefficient (Wildman–Crippen LogP) is 6.15. The average molecular weight is 522 g/mol. The van der Waals surface area contributed by atoms with Crippen LogP contribution in [-0.4, -0.2) is 61.4 Å². The first-order chi connectivity index (χ1) is 18.2. The van der Waals surface area contributed by atoms with Crippen LogP contribution in [0.4, 0.5) is 4.39 Å². The van der Waals surface area contributed by atoms with E-state index in [-0.39, 0.29) is 23.9 Å². The summed E-state index contributed by atoms with van der Waals surface area (Å²) in [5.41, 5.74) is 1.45. The van der Waals surface area contributed by atoms with Crippen molar-refractivity contribution in [3.63, 3.8) is 0 Å². The van der Waals surface area contributed by atoms with E-state index < -0.39 is 5.54 Å². The standard InChI is InChI=1S/C32H44FN3O2/c1-23(2)21-32(31(37)38-5)30(36(22-34-32)19-18-24-10-7-6-8-11-24)26-16-14-25(15-17-26)29(35(3)4)27-12-9-13-28(33)20-27/h6-13,20,22-23,25-26,29-30H,14-19,21H2,1-5H3. The molecule has 2 aliphatic rings. The van der Waals surface area contributed by atoms with Crippen molar-refractivity contribution < 1.29 is 13.9 Å². The molecule has 1 aliphatic heterocycles. The van der Waals surface area contributed by atoms with Crippen molar-refractivity contribution >= 4 is 12.3 Å². The molecule has 4 rings (SSSR count). The van der Waals surface area contributed by atoms with E-state index in [1.165, 1.54) is 18.7 Å². The first-order valence-electron chi connectivity index (χ1n) is 14.1. The summed E-state index contributed by atoms with van der Waals surface area (Å²) in [5, 5.41) is 0. The van der Waals surface area contributed by atoms with E-state index in [4.69, 9.17) is 9.73 Å². The highest BCUT2D eigenvalue weighted by Gasteiger charge is 2.55. The lowest BCUT2D eigenvalue weighted by atomic mass is 9.68. The molecule has 38 heavy (non-hydrogen) atoms. The van der Waals surface area contributed by atoms with Crippen LogP contribution in [0, 0.1) is 23.6 Å². The summed E-state index contributed by atoms with van der Waals surface area (Å²) in [6, 6.07) is 17.7. The Morgan fingerprint density at radius 2 is 1.82 bits per heavy atom. The number of aliphatic imine (C=N–C) groups is 1. The fourth-order valence-corrected chi connectivity index (χ4v) is 7.05. The third-order valence-electron chi connectivity index (χ3n) is 8.50. The molecule has 2 aromatic carbocycles. The minimum absolute atomic E-state index is 0.0195. The second-order valence-electron chi connectivity index (χ2n) is 11.8. The maximum Gasteiger partial charge on any atom is 0.335 e. The maximum absolute atomic E-state index is 14.1. The fourth-order valence-electron chi connectivity index (χ4n) is 7.05. The molecule has 0 saturated heterocycles. The van der Waals surface area contributed by atoms with Crippen LogP contribution in [0.25, 0.3) is 0 Å². The van der Waals surface area contributed by atoms with Gasteiger partial charge in [-0.3, -0.25) is 4.99 Å². The van der Waals surface area contributed by atoms with Crippen LogP contribution in [0.5, 0.6) is 0 Å². The van der Waals surface area contributed by atoms with Crippen LogP contribution in [0.3, 0.4) is 0 Å². The van der Waals surface area contributed by atoms with Gasteiger partial charge in [0, 0.05) is 12.6 Å². The quantitative estimate of drug-likeness (QED) is 0.352. The molecule has 5 nitrogen and oxygen atoms in total. The van der Waals surface area contributed by atoms with E-state index in [9.17, 15) is 9.18 Å². The van der Waals surface area contributed by atoms with E-state index in [0.717, 1.165) is 44.2 Å². The van der Waals surface area contributed by atoms with Gasteiger partial charge in [-0.25, -0.2) is 9.18 Å². The Kier molecular flexibility index (Phi) is 9.24. The first kappa shape index (κ1) is 28.3. The molecule has 0 spiro atoms. The molecule has 3 unspecified atom stereocenters. The lowest BCUT2D eigenvalue weighted by Gasteiger charge is -2.45. The van der Waals surface area contributed by atoms with Crippen molar-refractivity contribution in [2.45, 2.75) is 70.0 Å². The molecule has 0 N–H and O–H groups in total. The van der Waals surface area contributed by atoms with Crippen LogP contribution < -0.4 is 0 Å². The predicted molar refractivity (Wildman–Crippen MR) is 152 cm³/mol. The topological polar surface area (TPSA) is 45.1 Å². The second kappa shape index (κ2) is 12.4. The van der Waals surface area contributed by atoms with Crippen LogP contribution in [-0.2, 0) is 16.0 Å². The number of ether oxygens (including phenoxy) is 1. The van der Waals surface area contributed by atoms with Gasteiger partial charge in [0.2, 0.25) is 0 Å². The summed E-state index contributed by atoms with van der Waals surface area (Å²) in [7, 11) is 5.66. The highest BCUT2D eigenvalue weighted by molar-refractivity contribution is 5.86. The molecule has 0 bridgehead atoms. The third-order valence-corrected chi connectivity index (χ3v) is 8.50. The minimum Gasteiger partial charge on any atom is -0.467 e. The molecule has 0 radical (unpaired) electrons. The molecule has 0 amide bonds. The Hall–Kier alpha value is -2.73. The molecule has 1 saturated carbocycles. The molecule has 1 fully saturated rings. The summed E-state index contributed by atoms with van der Waals surface area (Å²) in [6.07, 6.45) is 7.59. The number of nitrogens with zero attached hydrogens (tertiary/aromatic N) is 3. The van der Waals surface area contributed by atoms with Gasteiger partial charge in [0.15, 0.2) is 5.54 Å². The lowest BCUT2D eigenvalue weighted by molar-refractivity contribution is -0.150. The Labute approximate surface area is 228 Å². The van der Waals surface area contributed by atoms with Crippen LogP contribution in [0.1, 0.15) is 63.1 Å². The van der Waals surface area contributed by atoms with E-state index in [1.807, 2.05) is 24.5 Å². The van der Waals surface area contributed by atoms with Gasteiger partial charge in [-0.15, -0.1) is 0 Å². The zero-order valence-electron chi connectivity index (χ0n) is 23.6. The monoisotopic (exact) mass is 521 g/mol. The smallest absolute Gasteiger partial charge is 0.335 e. The number of carbonyl (C=O) groups excluding carboxylic acids is 1. The van der Waals surface area contributed by atoms with Crippen molar-refractivity contribution in [3.05, 3.63) is 71.5 Å². The van der Waals surface area contributed by atoms with Gasteiger partial charge in [0.05, 0.1) is 19.5 Å². The summed E-state index contributed by atoms with van der Waals surface area (Å²) in [6.45, 7) is 5.13. The molecular weight excluding hydrogens is 477 g/mol. The Morgan fingerprint density at radius 3 is 2.42 bits per heavy atom. The van der Waals surface area contributed by atoms with Gasteiger partial charge in [-0.1, -0.05) is 56.3 Å². The second-order valence-corrected chi connectivity index (χ2v) is 11.8. The highest BCUT2D eigenvalue weighted by atomic mass is 19.1. The lowest BCUT2D eigenvalue weighted by Crippen LogP contribution is -2.57.